The Hall–Kier alpha value is -2.89. The summed E-state index contributed by atoms with van der Waals surface area (Å²) in [5.41, 5.74) is 1.87. The first-order valence-corrected chi connectivity index (χ1v) is 5.74. The molecule has 2 heterocycles. The number of benzene rings is 1. The van der Waals surface area contributed by atoms with E-state index in [1.54, 1.807) is 23.1 Å². The second kappa shape index (κ2) is 4.77. The Balaban J connectivity index is 1.80. The minimum absolute atomic E-state index is 0.268. The normalized spacial score (nSPS) is 10.3. The molecule has 3 aromatic rings. The first kappa shape index (κ1) is 11.2. The van der Waals surface area contributed by atoms with Crippen LogP contribution in [0.15, 0.2) is 55.0 Å². The number of carbonyl (C=O) groups excluding carboxylic acids is 1. The van der Waals surface area contributed by atoms with Gasteiger partial charge in [0.2, 0.25) is 0 Å². The fourth-order valence-electron chi connectivity index (χ4n) is 1.68. The third-order valence-corrected chi connectivity index (χ3v) is 2.60. The maximum absolute atomic E-state index is 11.9. The number of rotatable bonds is 3. The largest absolute Gasteiger partial charge is 0.318 e. The van der Waals surface area contributed by atoms with E-state index in [9.17, 15) is 4.79 Å². The minimum Gasteiger partial charge on any atom is -0.318 e. The van der Waals surface area contributed by atoms with E-state index in [0.717, 1.165) is 5.69 Å². The van der Waals surface area contributed by atoms with Gasteiger partial charge in [-0.1, -0.05) is 18.2 Å². The topological polar surface area (TPSA) is 75.6 Å². The predicted molar refractivity (Wildman–Crippen MR) is 70.1 cm³/mol. The second-order valence-corrected chi connectivity index (χ2v) is 3.92. The van der Waals surface area contributed by atoms with E-state index in [-0.39, 0.29) is 5.91 Å². The molecule has 94 valence electrons. The number of hydrogen-bond acceptors (Lipinski definition) is 3. The number of carbonyl (C=O) groups is 1. The summed E-state index contributed by atoms with van der Waals surface area (Å²) >= 11 is 0. The van der Waals surface area contributed by atoms with Gasteiger partial charge in [-0.3, -0.25) is 9.89 Å². The van der Waals surface area contributed by atoms with E-state index in [2.05, 4.69) is 20.6 Å². The quantitative estimate of drug-likeness (QED) is 0.748. The van der Waals surface area contributed by atoms with E-state index in [1.165, 1.54) is 6.20 Å². The number of hydrogen-bond donors (Lipinski definition) is 2. The molecule has 0 aliphatic carbocycles. The fraction of sp³-hybridized carbons (Fsp3) is 0. The number of anilines is 1. The van der Waals surface area contributed by atoms with Crippen molar-refractivity contribution in [1.29, 1.82) is 0 Å². The Morgan fingerprint density at radius 1 is 1.21 bits per heavy atom. The van der Waals surface area contributed by atoms with Gasteiger partial charge in [0.05, 0.1) is 17.6 Å². The number of aromatic nitrogens is 4. The highest BCUT2D eigenvalue weighted by Crippen LogP contribution is 2.09. The van der Waals surface area contributed by atoms with Gasteiger partial charge < -0.3 is 5.32 Å². The molecular weight excluding hydrogens is 242 g/mol. The predicted octanol–water partition coefficient (Wildman–Crippen LogP) is 1.85. The van der Waals surface area contributed by atoms with Crippen LogP contribution in [0.1, 0.15) is 10.5 Å². The lowest BCUT2D eigenvalue weighted by molar-refractivity contribution is 0.102. The number of para-hydroxylation sites is 1. The van der Waals surface area contributed by atoms with Crippen LogP contribution in [0.4, 0.5) is 5.69 Å². The van der Waals surface area contributed by atoms with Crippen molar-refractivity contribution >= 4 is 11.6 Å². The smallest absolute Gasteiger partial charge is 0.276 e. The summed E-state index contributed by atoms with van der Waals surface area (Å²) in [6, 6.07) is 11.3. The van der Waals surface area contributed by atoms with Crippen LogP contribution in [0.3, 0.4) is 0 Å². The van der Waals surface area contributed by atoms with Crippen LogP contribution in [0.2, 0.25) is 0 Å². The van der Waals surface area contributed by atoms with Crippen molar-refractivity contribution in [3.8, 4) is 5.69 Å². The summed E-state index contributed by atoms with van der Waals surface area (Å²) in [6.45, 7) is 0. The molecule has 19 heavy (non-hydrogen) atoms. The molecule has 0 bridgehead atoms. The average molecular weight is 253 g/mol. The third-order valence-electron chi connectivity index (χ3n) is 2.60. The molecular formula is C13H11N5O. The number of amides is 1. The molecule has 6 nitrogen and oxygen atoms in total. The molecule has 0 spiro atoms. The number of nitrogens with one attached hydrogen (secondary N) is 2. The van der Waals surface area contributed by atoms with Gasteiger partial charge in [0.25, 0.3) is 5.91 Å². The second-order valence-electron chi connectivity index (χ2n) is 3.92. The van der Waals surface area contributed by atoms with Crippen molar-refractivity contribution in [1.82, 2.24) is 20.0 Å². The summed E-state index contributed by atoms with van der Waals surface area (Å²) in [5, 5.41) is 13.3. The molecule has 1 aromatic carbocycles. The van der Waals surface area contributed by atoms with Crippen molar-refractivity contribution in [3.05, 3.63) is 60.7 Å². The third kappa shape index (κ3) is 2.37. The Morgan fingerprint density at radius 3 is 2.79 bits per heavy atom. The van der Waals surface area contributed by atoms with Gasteiger partial charge in [0.15, 0.2) is 5.69 Å². The van der Waals surface area contributed by atoms with E-state index in [1.807, 2.05) is 30.3 Å². The van der Waals surface area contributed by atoms with Gasteiger partial charge in [-0.15, -0.1) is 0 Å². The average Bonchev–Trinajstić information content (AvgIpc) is 3.10. The highest BCUT2D eigenvalue weighted by molar-refractivity contribution is 6.02. The molecule has 2 N–H and O–H groups in total. The number of H-pyrrole nitrogens is 1. The Morgan fingerprint density at radius 2 is 2.05 bits per heavy atom. The Kier molecular flexibility index (Phi) is 2.82. The van der Waals surface area contributed by atoms with Gasteiger partial charge >= 0.3 is 0 Å². The van der Waals surface area contributed by atoms with Gasteiger partial charge in [0, 0.05) is 12.4 Å². The molecule has 0 saturated heterocycles. The lowest BCUT2D eigenvalue weighted by Gasteiger charge is -2.00. The molecule has 0 saturated carbocycles. The lowest BCUT2D eigenvalue weighted by Crippen LogP contribution is -2.12. The van der Waals surface area contributed by atoms with Crippen LogP contribution in [-0.2, 0) is 0 Å². The molecule has 0 atom stereocenters. The van der Waals surface area contributed by atoms with Crippen molar-refractivity contribution < 1.29 is 4.79 Å². The zero-order valence-electron chi connectivity index (χ0n) is 9.95. The van der Waals surface area contributed by atoms with Crippen LogP contribution in [-0.4, -0.2) is 25.9 Å². The SMILES string of the molecule is O=C(Nc1cn[nH]c1)c1ccn(-c2ccccc2)n1. The van der Waals surface area contributed by atoms with Crippen molar-refractivity contribution in [3.63, 3.8) is 0 Å². The molecule has 6 heteroatoms. The van der Waals surface area contributed by atoms with Crippen LogP contribution >= 0.6 is 0 Å². The highest BCUT2D eigenvalue weighted by atomic mass is 16.2. The Bertz CT molecular complexity index is 672. The lowest BCUT2D eigenvalue weighted by atomic mass is 10.3. The summed E-state index contributed by atoms with van der Waals surface area (Å²) in [6.07, 6.45) is 4.89. The van der Waals surface area contributed by atoms with E-state index in [0.29, 0.717) is 11.4 Å². The summed E-state index contributed by atoms with van der Waals surface area (Å²) in [4.78, 5) is 11.9. The Labute approximate surface area is 109 Å². The van der Waals surface area contributed by atoms with Gasteiger partial charge in [0.1, 0.15) is 0 Å². The molecule has 0 radical (unpaired) electrons. The van der Waals surface area contributed by atoms with Crippen LogP contribution in [0.5, 0.6) is 0 Å². The maximum atomic E-state index is 11.9. The monoisotopic (exact) mass is 253 g/mol. The van der Waals surface area contributed by atoms with Gasteiger partial charge in [-0.2, -0.15) is 10.2 Å². The molecule has 0 aliphatic rings. The summed E-state index contributed by atoms with van der Waals surface area (Å²) < 4.78 is 1.66. The first-order valence-electron chi connectivity index (χ1n) is 5.74. The summed E-state index contributed by atoms with van der Waals surface area (Å²) in [5.74, 6) is -0.268. The molecule has 2 aromatic heterocycles. The molecule has 0 fully saturated rings. The van der Waals surface area contributed by atoms with E-state index in [4.69, 9.17) is 0 Å². The zero-order valence-corrected chi connectivity index (χ0v) is 9.95. The summed E-state index contributed by atoms with van der Waals surface area (Å²) in [7, 11) is 0. The fourth-order valence-corrected chi connectivity index (χ4v) is 1.68. The number of nitrogens with zero attached hydrogens (tertiary/aromatic N) is 3. The zero-order chi connectivity index (χ0) is 13.1. The van der Waals surface area contributed by atoms with Gasteiger partial charge in [-0.05, 0) is 18.2 Å². The standard InChI is InChI=1S/C13H11N5O/c19-13(16-10-8-14-15-9-10)12-6-7-18(17-12)11-4-2-1-3-5-11/h1-9H,(H,14,15)(H,16,19). The highest BCUT2D eigenvalue weighted by Gasteiger charge is 2.10. The van der Waals surface area contributed by atoms with Crippen molar-refractivity contribution in [2.75, 3.05) is 5.32 Å². The molecule has 3 rings (SSSR count). The minimum atomic E-state index is -0.268. The van der Waals surface area contributed by atoms with Gasteiger partial charge in [-0.25, -0.2) is 4.68 Å². The van der Waals surface area contributed by atoms with E-state index >= 15 is 0 Å². The molecule has 0 aliphatic heterocycles. The first-order chi connectivity index (χ1) is 9.33. The van der Waals surface area contributed by atoms with Crippen molar-refractivity contribution in [2.45, 2.75) is 0 Å². The maximum Gasteiger partial charge on any atom is 0.276 e. The van der Waals surface area contributed by atoms with Crippen LogP contribution in [0.25, 0.3) is 5.69 Å². The number of aromatic amines is 1. The molecule has 1 amide bonds. The van der Waals surface area contributed by atoms with E-state index < -0.39 is 0 Å². The molecule has 0 unspecified atom stereocenters. The van der Waals surface area contributed by atoms with Crippen molar-refractivity contribution in [2.24, 2.45) is 0 Å². The van der Waals surface area contributed by atoms with Crippen LogP contribution in [0, 0.1) is 0 Å². The van der Waals surface area contributed by atoms with Crippen LogP contribution < -0.4 is 5.32 Å².